The van der Waals surface area contributed by atoms with Gasteiger partial charge in [0.05, 0.1) is 29.5 Å². The third-order valence-electron chi connectivity index (χ3n) is 8.90. The maximum absolute atomic E-state index is 15.2. The second kappa shape index (κ2) is 16.4. The number of thioether (sulfide) groups is 1. The molecule has 1 atom stereocenters. The van der Waals surface area contributed by atoms with E-state index < -0.39 is 17.0 Å². The minimum Gasteiger partial charge on any atom is -0.469 e. The Bertz CT molecular complexity index is 1970. The lowest BCUT2D eigenvalue weighted by Crippen LogP contribution is -2.27. The van der Waals surface area contributed by atoms with E-state index >= 15 is 4.39 Å². The summed E-state index contributed by atoms with van der Waals surface area (Å²) in [6.45, 7) is 6.84. The van der Waals surface area contributed by atoms with Gasteiger partial charge in [0.2, 0.25) is 0 Å². The topological polar surface area (TPSA) is 106 Å². The molecule has 1 unspecified atom stereocenters. The predicted octanol–water partition coefficient (Wildman–Crippen LogP) is 8.88. The summed E-state index contributed by atoms with van der Waals surface area (Å²) in [4.78, 5) is 25.1. The molecule has 0 spiro atoms. The summed E-state index contributed by atoms with van der Waals surface area (Å²) in [5, 5.41) is 14.7. The second-order valence-electron chi connectivity index (χ2n) is 13.3. The molecule has 13 heteroatoms. The number of carbonyl (C=O) groups is 1. The highest BCUT2D eigenvalue weighted by molar-refractivity contribution is 9.10. The monoisotopic (exact) mass is 785 g/mol. The summed E-state index contributed by atoms with van der Waals surface area (Å²) < 4.78 is 37.1. The van der Waals surface area contributed by atoms with E-state index in [-0.39, 0.29) is 34.8 Å². The molecule has 0 saturated heterocycles. The second-order valence-corrected chi connectivity index (χ2v) is 16.3. The predicted molar refractivity (Wildman–Crippen MR) is 200 cm³/mol. The number of rotatable bonds is 16. The summed E-state index contributed by atoms with van der Waals surface area (Å²) in [5.41, 5.74) is 2.24. The van der Waals surface area contributed by atoms with Gasteiger partial charge in [0.1, 0.15) is 5.69 Å². The van der Waals surface area contributed by atoms with Crippen molar-refractivity contribution >= 4 is 56.3 Å². The maximum atomic E-state index is 15.2. The van der Waals surface area contributed by atoms with Gasteiger partial charge >= 0.3 is 5.97 Å². The maximum Gasteiger partial charge on any atom is 0.305 e. The van der Waals surface area contributed by atoms with Gasteiger partial charge < -0.3 is 14.8 Å². The molecule has 3 heterocycles. The SMILES string of the molecule is COC(=O)CCc1cccc(C(C)(CCCC(C)(C)CSCCO)c2nc(-c3cc(Sc4c(F)c(F)c5[nH]ccc5c4Br)ccn3)n(C)n2)c1. The number of fused-ring (bicyclic) bond motifs is 1. The molecule has 0 aliphatic rings. The normalized spacial score (nSPS) is 13.1. The first-order valence-corrected chi connectivity index (χ1v) is 19.2. The first-order chi connectivity index (χ1) is 23.9. The Kier molecular flexibility index (Phi) is 12.5. The molecule has 266 valence electrons. The number of aryl methyl sites for hydroxylation is 2. The van der Waals surface area contributed by atoms with Crippen molar-refractivity contribution in [2.24, 2.45) is 12.5 Å². The van der Waals surface area contributed by atoms with Gasteiger partial charge in [-0.25, -0.2) is 18.4 Å². The fourth-order valence-electron chi connectivity index (χ4n) is 6.02. The third-order valence-corrected chi connectivity index (χ3v) is 12.5. The number of methoxy groups -OCH3 is 1. The van der Waals surface area contributed by atoms with Gasteiger partial charge in [0.15, 0.2) is 23.3 Å². The van der Waals surface area contributed by atoms with Gasteiger partial charge in [-0.15, -0.1) is 0 Å². The van der Waals surface area contributed by atoms with Crippen LogP contribution in [0.2, 0.25) is 0 Å². The van der Waals surface area contributed by atoms with Crippen LogP contribution in [0.4, 0.5) is 8.78 Å². The number of ether oxygens (including phenoxy) is 1. The number of H-pyrrole nitrogens is 1. The van der Waals surface area contributed by atoms with Gasteiger partial charge in [-0.05, 0) is 82.6 Å². The number of aliphatic hydroxyl groups is 1. The Balaban J connectivity index is 1.47. The lowest BCUT2D eigenvalue weighted by molar-refractivity contribution is -0.140. The average Bonchev–Trinajstić information content (AvgIpc) is 3.76. The van der Waals surface area contributed by atoms with E-state index in [4.69, 9.17) is 14.8 Å². The van der Waals surface area contributed by atoms with Crippen molar-refractivity contribution in [1.82, 2.24) is 24.7 Å². The van der Waals surface area contributed by atoms with E-state index in [9.17, 15) is 14.3 Å². The molecule has 8 nitrogen and oxygen atoms in total. The number of hydrogen-bond acceptors (Lipinski definition) is 8. The number of benzene rings is 2. The Hall–Kier alpha value is -3.26. The summed E-state index contributed by atoms with van der Waals surface area (Å²) >= 11 is 6.34. The number of carbonyl (C=O) groups excluding carboxylic acids is 1. The van der Waals surface area contributed by atoms with Crippen LogP contribution in [0.3, 0.4) is 0 Å². The fraction of sp³-hybridized carbons (Fsp3) is 0.405. The molecule has 5 rings (SSSR count). The fourth-order valence-corrected chi connectivity index (χ4v) is 8.65. The minimum absolute atomic E-state index is 0.0802. The number of aliphatic hydroxyl groups excluding tert-OH is 1. The lowest BCUT2D eigenvalue weighted by atomic mass is 9.75. The van der Waals surface area contributed by atoms with E-state index in [1.165, 1.54) is 7.11 Å². The van der Waals surface area contributed by atoms with Crippen LogP contribution in [0.25, 0.3) is 22.4 Å². The number of nitrogens with one attached hydrogen (secondary N) is 1. The zero-order valence-electron chi connectivity index (χ0n) is 28.9. The van der Waals surface area contributed by atoms with E-state index in [1.54, 1.807) is 47.0 Å². The van der Waals surface area contributed by atoms with Crippen molar-refractivity contribution in [3.05, 3.63) is 87.9 Å². The number of aromatic amines is 1. The largest absolute Gasteiger partial charge is 0.469 e. The van der Waals surface area contributed by atoms with Crippen LogP contribution in [0.5, 0.6) is 0 Å². The highest BCUT2D eigenvalue weighted by atomic mass is 79.9. The van der Waals surface area contributed by atoms with Crippen molar-refractivity contribution in [2.75, 3.05) is 25.2 Å². The Morgan fingerprint density at radius 2 is 1.92 bits per heavy atom. The van der Waals surface area contributed by atoms with Crippen LogP contribution in [-0.4, -0.2) is 61.0 Å². The van der Waals surface area contributed by atoms with Crippen LogP contribution in [0, 0.1) is 17.0 Å². The molecular weight excluding hydrogens is 744 g/mol. The number of pyridine rings is 1. The summed E-state index contributed by atoms with van der Waals surface area (Å²) in [6, 6.07) is 13.5. The summed E-state index contributed by atoms with van der Waals surface area (Å²) in [7, 11) is 3.22. The van der Waals surface area contributed by atoms with E-state index in [0.29, 0.717) is 38.5 Å². The van der Waals surface area contributed by atoms with Gasteiger partial charge in [-0.3, -0.25) is 9.78 Å². The first kappa shape index (κ1) is 38.0. The minimum atomic E-state index is -0.934. The van der Waals surface area contributed by atoms with Gasteiger partial charge in [0, 0.05) is 46.4 Å². The molecule has 50 heavy (non-hydrogen) atoms. The smallest absolute Gasteiger partial charge is 0.305 e. The third kappa shape index (κ3) is 8.60. The molecule has 0 amide bonds. The standard InChI is InChI=1S/C37H42BrF2N5O3S2/c1-36(2,22-49-19-18-46)14-7-15-37(3,24-9-6-8-23(20-24)10-11-28(47)48-5)35-43-34(45(4)44-35)27-21-25(12-16-41-27)50-33-29(38)26-13-17-42-32(26)30(39)31(33)40/h6,8-9,12-13,16-17,20-21,42,46H,7,10-11,14-15,18-19,22H2,1-5H3. The molecule has 0 bridgehead atoms. The number of aromatic nitrogens is 5. The molecule has 2 N–H and O–H groups in total. The van der Waals surface area contributed by atoms with Gasteiger partial charge in [-0.2, -0.15) is 16.9 Å². The highest BCUT2D eigenvalue weighted by Crippen LogP contribution is 2.42. The van der Waals surface area contributed by atoms with Gasteiger partial charge in [0.25, 0.3) is 0 Å². The number of halogens is 3. The molecule has 2 aromatic carbocycles. The van der Waals surface area contributed by atoms with E-state index in [1.807, 2.05) is 19.2 Å². The van der Waals surface area contributed by atoms with Crippen molar-refractivity contribution in [3.8, 4) is 11.5 Å². The van der Waals surface area contributed by atoms with Crippen LogP contribution < -0.4 is 0 Å². The van der Waals surface area contributed by atoms with E-state index in [2.05, 4.69) is 58.8 Å². The average molecular weight is 787 g/mol. The number of esters is 1. The molecule has 5 aromatic rings. The van der Waals surface area contributed by atoms with Crippen LogP contribution in [0.1, 0.15) is 63.4 Å². The summed E-state index contributed by atoms with van der Waals surface area (Å²) in [6.07, 6.45) is 6.71. The highest BCUT2D eigenvalue weighted by Gasteiger charge is 2.35. The zero-order valence-corrected chi connectivity index (χ0v) is 32.1. The molecule has 0 aliphatic carbocycles. The Morgan fingerprint density at radius 3 is 2.68 bits per heavy atom. The Morgan fingerprint density at radius 1 is 1.12 bits per heavy atom. The van der Waals surface area contributed by atoms with Crippen molar-refractivity contribution in [1.29, 1.82) is 0 Å². The van der Waals surface area contributed by atoms with Crippen molar-refractivity contribution in [3.63, 3.8) is 0 Å². The Labute approximate surface area is 308 Å². The lowest BCUT2D eigenvalue weighted by Gasteiger charge is -2.30. The quantitative estimate of drug-likeness (QED) is 0.0581. The molecule has 3 aromatic heterocycles. The van der Waals surface area contributed by atoms with E-state index in [0.717, 1.165) is 53.7 Å². The molecule has 0 fully saturated rings. The number of nitrogens with zero attached hydrogens (tertiary/aromatic N) is 4. The molecular formula is C37H42BrF2N5O3S2. The zero-order chi connectivity index (χ0) is 36.1. The molecule has 0 radical (unpaired) electrons. The van der Waals surface area contributed by atoms with Crippen LogP contribution >= 0.6 is 39.5 Å². The van der Waals surface area contributed by atoms with Crippen LogP contribution in [0.15, 0.2) is 69.1 Å². The first-order valence-electron chi connectivity index (χ1n) is 16.4. The molecule has 0 saturated carbocycles. The van der Waals surface area contributed by atoms with Crippen molar-refractivity contribution in [2.45, 2.75) is 68.1 Å². The van der Waals surface area contributed by atoms with Crippen molar-refractivity contribution < 1.29 is 23.4 Å². The van der Waals surface area contributed by atoms with Crippen LogP contribution in [-0.2, 0) is 28.4 Å². The molecule has 0 aliphatic heterocycles. The summed E-state index contributed by atoms with van der Waals surface area (Å²) in [5.74, 6) is 0.738. The number of hydrogen-bond donors (Lipinski definition) is 2. The van der Waals surface area contributed by atoms with Gasteiger partial charge in [-0.1, -0.05) is 56.3 Å².